The quantitative estimate of drug-likeness (QED) is 0.808. The van der Waals surface area contributed by atoms with E-state index in [1.807, 2.05) is 17.0 Å². The van der Waals surface area contributed by atoms with E-state index in [-0.39, 0.29) is 36.4 Å². The number of rotatable bonds is 5. The van der Waals surface area contributed by atoms with Crippen molar-refractivity contribution < 1.29 is 14.0 Å². The van der Waals surface area contributed by atoms with Crippen LogP contribution in [0.1, 0.15) is 40.4 Å². The number of hydrogen-bond donors (Lipinski definition) is 1. The smallest absolute Gasteiger partial charge is 0.223 e. The molecule has 2 saturated heterocycles. The predicted octanol–water partition coefficient (Wildman–Crippen LogP) is 3.52. The molecule has 0 aliphatic carbocycles. The van der Waals surface area contributed by atoms with E-state index < -0.39 is 0 Å². The molecule has 2 aliphatic heterocycles. The summed E-state index contributed by atoms with van der Waals surface area (Å²) >= 11 is 0. The average Bonchev–Trinajstić information content (AvgIpc) is 3.28. The van der Waals surface area contributed by atoms with Gasteiger partial charge in [0.2, 0.25) is 5.91 Å². The van der Waals surface area contributed by atoms with Crippen LogP contribution < -0.4 is 5.32 Å². The number of fused-ring (bicyclic) bond motifs is 1. The average molecular weight is 380 g/mol. The van der Waals surface area contributed by atoms with E-state index in [1.165, 1.54) is 35.4 Å². The topological polar surface area (TPSA) is 49.4 Å². The minimum atomic E-state index is -0.370. The summed E-state index contributed by atoms with van der Waals surface area (Å²) in [7, 11) is 0. The molecule has 0 aromatic heterocycles. The van der Waals surface area contributed by atoms with Gasteiger partial charge in [-0.3, -0.25) is 9.59 Å². The fraction of sp³-hybridized carbons (Fsp3) is 0.391. The van der Waals surface area contributed by atoms with E-state index in [9.17, 15) is 14.0 Å². The highest BCUT2D eigenvalue weighted by Crippen LogP contribution is 2.43. The highest BCUT2D eigenvalue weighted by molar-refractivity contribution is 5.98. The van der Waals surface area contributed by atoms with Crippen molar-refractivity contribution in [2.75, 3.05) is 19.6 Å². The maximum absolute atomic E-state index is 13.1. The molecule has 2 aromatic carbocycles. The molecule has 146 valence electrons. The van der Waals surface area contributed by atoms with Gasteiger partial charge in [-0.25, -0.2) is 4.39 Å². The molecule has 1 amide bonds. The molecule has 2 aliphatic rings. The highest BCUT2D eigenvalue weighted by Gasteiger charge is 2.46. The number of hydrogen-bond acceptors (Lipinski definition) is 3. The molecule has 28 heavy (non-hydrogen) atoms. The second-order valence-corrected chi connectivity index (χ2v) is 7.86. The van der Waals surface area contributed by atoms with Gasteiger partial charge in [0.05, 0.1) is 6.04 Å². The summed E-state index contributed by atoms with van der Waals surface area (Å²) in [5.74, 6) is 0.407. The van der Waals surface area contributed by atoms with Crippen LogP contribution in [0.2, 0.25) is 0 Å². The number of likely N-dealkylation sites (tertiary alicyclic amines) is 1. The molecular formula is C23H25FN2O2. The summed E-state index contributed by atoms with van der Waals surface area (Å²) in [6, 6.07) is 13.8. The van der Waals surface area contributed by atoms with Gasteiger partial charge in [-0.1, -0.05) is 24.3 Å². The maximum atomic E-state index is 13.1. The summed E-state index contributed by atoms with van der Waals surface area (Å²) in [4.78, 5) is 27.4. The molecule has 4 nitrogen and oxygen atoms in total. The fourth-order valence-corrected chi connectivity index (χ4v) is 4.64. The minimum Gasteiger partial charge on any atom is -0.335 e. The number of carbonyl (C=O) groups is 2. The molecule has 0 unspecified atom stereocenters. The number of benzene rings is 2. The molecule has 0 bridgehead atoms. The zero-order valence-electron chi connectivity index (χ0n) is 16.0. The largest absolute Gasteiger partial charge is 0.335 e. The lowest BCUT2D eigenvalue weighted by Gasteiger charge is -2.29. The Hall–Kier alpha value is -2.53. The third kappa shape index (κ3) is 3.59. The number of halogens is 1. The van der Waals surface area contributed by atoms with E-state index in [0.29, 0.717) is 17.4 Å². The Bertz CT molecular complexity index is 880. The number of aryl methyl sites for hydroxylation is 1. The lowest BCUT2D eigenvalue weighted by atomic mass is 9.87. The van der Waals surface area contributed by atoms with Gasteiger partial charge in [-0.05, 0) is 48.2 Å². The van der Waals surface area contributed by atoms with E-state index in [0.717, 1.165) is 19.6 Å². The zero-order valence-corrected chi connectivity index (χ0v) is 16.0. The first-order valence-electron chi connectivity index (χ1n) is 9.89. The number of nitrogens with zero attached hydrogens (tertiary/aromatic N) is 1. The standard InChI is InChI=1S/C23H25FN2O2/c1-15-4-2-3-5-19(15)23-20-13-25-12-17(20)14-26(23)22(28)11-10-21(27)16-6-8-18(24)9-7-16/h2-9,17,20,23,25H,10-14H2,1H3/t17-,20-,23+/m0/s1. The van der Waals surface area contributed by atoms with E-state index in [2.05, 4.69) is 24.4 Å². The van der Waals surface area contributed by atoms with Crippen molar-refractivity contribution in [3.8, 4) is 0 Å². The highest BCUT2D eigenvalue weighted by atomic mass is 19.1. The molecule has 1 N–H and O–H groups in total. The first-order valence-corrected chi connectivity index (χ1v) is 9.89. The first-order chi connectivity index (χ1) is 13.5. The maximum Gasteiger partial charge on any atom is 0.223 e. The zero-order chi connectivity index (χ0) is 19.7. The third-order valence-electron chi connectivity index (χ3n) is 6.12. The van der Waals surface area contributed by atoms with Crippen molar-refractivity contribution in [2.45, 2.75) is 25.8 Å². The van der Waals surface area contributed by atoms with Crippen LogP contribution in [0.5, 0.6) is 0 Å². The molecule has 5 heteroatoms. The molecular weight excluding hydrogens is 355 g/mol. The van der Waals surface area contributed by atoms with Gasteiger partial charge < -0.3 is 10.2 Å². The molecule has 0 radical (unpaired) electrons. The Kier molecular flexibility index (Phi) is 5.27. The van der Waals surface area contributed by atoms with Gasteiger partial charge >= 0.3 is 0 Å². The Morgan fingerprint density at radius 1 is 1.07 bits per heavy atom. The van der Waals surface area contributed by atoms with Crippen LogP contribution in [0.15, 0.2) is 48.5 Å². The van der Waals surface area contributed by atoms with Crippen LogP contribution in [0.25, 0.3) is 0 Å². The van der Waals surface area contributed by atoms with Crippen LogP contribution in [-0.4, -0.2) is 36.2 Å². The first kappa shape index (κ1) is 18.8. The molecule has 2 fully saturated rings. The van der Waals surface area contributed by atoms with Gasteiger partial charge in [0.1, 0.15) is 5.82 Å². The summed E-state index contributed by atoms with van der Waals surface area (Å²) in [5, 5.41) is 3.46. The van der Waals surface area contributed by atoms with Crippen LogP contribution in [0.3, 0.4) is 0 Å². The Morgan fingerprint density at radius 3 is 2.57 bits per heavy atom. The monoisotopic (exact) mass is 380 g/mol. The van der Waals surface area contributed by atoms with Crippen molar-refractivity contribution in [2.24, 2.45) is 11.8 Å². The van der Waals surface area contributed by atoms with E-state index in [1.54, 1.807) is 0 Å². The van der Waals surface area contributed by atoms with Crippen molar-refractivity contribution >= 4 is 11.7 Å². The second kappa shape index (κ2) is 7.84. The van der Waals surface area contributed by atoms with Crippen LogP contribution >= 0.6 is 0 Å². The third-order valence-corrected chi connectivity index (χ3v) is 6.12. The molecule has 2 heterocycles. The van der Waals surface area contributed by atoms with E-state index in [4.69, 9.17) is 0 Å². The molecule has 3 atom stereocenters. The van der Waals surface area contributed by atoms with Crippen molar-refractivity contribution in [3.63, 3.8) is 0 Å². The van der Waals surface area contributed by atoms with Crippen molar-refractivity contribution in [3.05, 3.63) is 71.0 Å². The number of nitrogens with one attached hydrogen (secondary N) is 1. The minimum absolute atomic E-state index is 0.0260. The summed E-state index contributed by atoms with van der Waals surface area (Å²) in [5.41, 5.74) is 2.85. The van der Waals surface area contributed by atoms with Crippen LogP contribution in [0.4, 0.5) is 4.39 Å². The number of Topliss-reactive ketones (excluding diaryl/α,β-unsaturated/α-hetero) is 1. The van der Waals surface area contributed by atoms with Crippen molar-refractivity contribution in [1.82, 2.24) is 10.2 Å². The lowest BCUT2D eigenvalue weighted by molar-refractivity contribution is -0.132. The Morgan fingerprint density at radius 2 is 1.82 bits per heavy atom. The van der Waals surface area contributed by atoms with Gasteiger partial charge in [-0.2, -0.15) is 0 Å². The lowest BCUT2D eigenvalue weighted by Crippen LogP contribution is -2.35. The van der Waals surface area contributed by atoms with E-state index >= 15 is 0 Å². The summed E-state index contributed by atoms with van der Waals surface area (Å²) < 4.78 is 13.0. The Balaban J connectivity index is 1.48. The summed E-state index contributed by atoms with van der Waals surface area (Å²) in [6.45, 7) is 4.68. The van der Waals surface area contributed by atoms with Gasteiger partial charge in [-0.15, -0.1) is 0 Å². The molecule has 4 rings (SSSR count). The predicted molar refractivity (Wildman–Crippen MR) is 105 cm³/mol. The SMILES string of the molecule is Cc1ccccc1[C@@H]1[C@H]2CNC[C@H]2CN1C(=O)CCC(=O)c1ccc(F)cc1. The normalized spacial score (nSPS) is 23.6. The second-order valence-electron chi connectivity index (χ2n) is 7.86. The van der Waals surface area contributed by atoms with Gasteiger partial charge in [0, 0.05) is 44.0 Å². The molecule has 2 aromatic rings. The van der Waals surface area contributed by atoms with Crippen LogP contribution in [-0.2, 0) is 4.79 Å². The number of ketones is 1. The number of amides is 1. The van der Waals surface area contributed by atoms with Gasteiger partial charge in [0.25, 0.3) is 0 Å². The van der Waals surface area contributed by atoms with Crippen LogP contribution in [0, 0.1) is 24.6 Å². The Labute approximate surface area is 164 Å². The van der Waals surface area contributed by atoms with Crippen molar-refractivity contribution in [1.29, 1.82) is 0 Å². The molecule has 0 saturated carbocycles. The summed E-state index contributed by atoms with van der Waals surface area (Å²) in [6.07, 6.45) is 0.334. The van der Waals surface area contributed by atoms with Gasteiger partial charge in [0.15, 0.2) is 5.78 Å². The molecule has 0 spiro atoms. The number of carbonyl (C=O) groups excluding carboxylic acids is 2. The fourth-order valence-electron chi connectivity index (χ4n) is 4.64.